The minimum absolute atomic E-state index is 0.0415. The molecule has 0 spiro atoms. The molecule has 0 aliphatic carbocycles. The molecule has 1 amide bonds. The van der Waals surface area contributed by atoms with Gasteiger partial charge in [-0.15, -0.1) is 11.3 Å². The van der Waals surface area contributed by atoms with Crippen LogP contribution in [-0.4, -0.2) is 28.9 Å². The Morgan fingerprint density at radius 3 is 2.91 bits per heavy atom. The molecule has 1 atom stereocenters. The second-order valence-corrected chi connectivity index (χ2v) is 7.16. The van der Waals surface area contributed by atoms with Gasteiger partial charge in [0.2, 0.25) is 5.91 Å². The van der Waals surface area contributed by atoms with Crippen molar-refractivity contribution in [3.05, 3.63) is 46.5 Å². The molecule has 122 valence electrons. The summed E-state index contributed by atoms with van der Waals surface area (Å²) in [6.07, 6.45) is 1.46. The number of thiazole rings is 1. The number of hydrogen-bond donors (Lipinski definition) is 1. The predicted molar refractivity (Wildman–Crippen MR) is 94.9 cm³/mol. The molecule has 1 aliphatic heterocycles. The van der Waals surface area contributed by atoms with E-state index in [4.69, 9.17) is 0 Å². The normalized spacial score (nSPS) is 15.9. The lowest BCUT2D eigenvalue weighted by Crippen LogP contribution is -2.29. The number of anilines is 1. The first-order valence-electron chi connectivity index (χ1n) is 8.21. The minimum Gasteiger partial charge on any atom is -0.302 e. The fourth-order valence-corrected chi connectivity index (χ4v) is 3.99. The van der Waals surface area contributed by atoms with Gasteiger partial charge in [0, 0.05) is 30.8 Å². The number of aromatic nitrogens is 1. The number of hydrogen-bond acceptors (Lipinski definition) is 4. The van der Waals surface area contributed by atoms with Crippen molar-refractivity contribution < 1.29 is 4.79 Å². The van der Waals surface area contributed by atoms with Crippen molar-refractivity contribution in [3.8, 4) is 0 Å². The van der Waals surface area contributed by atoms with Crippen LogP contribution in [0.15, 0.2) is 30.3 Å². The first-order valence-corrected chi connectivity index (χ1v) is 9.03. The van der Waals surface area contributed by atoms with Crippen LogP contribution in [0.5, 0.6) is 0 Å². The summed E-state index contributed by atoms with van der Waals surface area (Å²) in [7, 11) is 0. The van der Waals surface area contributed by atoms with Gasteiger partial charge in [0.15, 0.2) is 5.13 Å². The third-order valence-corrected chi connectivity index (χ3v) is 5.36. The van der Waals surface area contributed by atoms with Crippen LogP contribution in [0.3, 0.4) is 0 Å². The van der Waals surface area contributed by atoms with E-state index >= 15 is 0 Å². The third kappa shape index (κ3) is 3.98. The second-order valence-electron chi connectivity index (χ2n) is 6.07. The number of carbonyl (C=O) groups is 1. The smallest absolute Gasteiger partial charge is 0.226 e. The Hall–Kier alpha value is -1.72. The Kier molecular flexibility index (Phi) is 5.08. The summed E-state index contributed by atoms with van der Waals surface area (Å²) >= 11 is 1.62. The van der Waals surface area contributed by atoms with E-state index in [1.807, 2.05) is 18.2 Å². The number of carbonyl (C=O) groups excluding carboxylic acids is 1. The van der Waals surface area contributed by atoms with Crippen molar-refractivity contribution >= 4 is 22.4 Å². The van der Waals surface area contributed by atoms with Crippen molar-refractivity contribution in [2.45, 2.75) is 39.2 Å². The van der Waals surface area contributed by atoms with Crippen LogP contribution in [-0.2, 0) is 17.8 Å². The summed E-state index contributed by atoms with van der Waals surface area (Å²) < 4.78 is 0. The number of benzene rings is 1. The first kappa shape index (κ1) is 16.1. The molecule has 4 nitrogen and oxygen atoms in total. The van der Waals surface area contributed by atoms with Crippen molar-refractivity contribution in [2.75, 3.05) is 18.4 Å². The largest absolute Gasteiger partial charge is 0.302 e. The lowest BCUT2D eigenvalue weighted by Gasteiger charge is -2.23. The first-order chi connectivity index (χ1) is 11.2. The van der Waals surface area contributed by atoms with Crippen LogP contribution in [0, 0.1) is 0 Å². The zero-order valence-electron chi connectivity index (χ0n) is 13.7. The average Bonchev–Trinajstić information content (AvgIpc) is 2.96. The van der Waals surface area contributed by atoms with Crippen LogP contribution in [0.4, 0.5) is 5.13 Å². The van der Waals surface area contributed by atoms with E-state index in [2.05, 4.69) is 41.2 Å². The Balaban J connectivity index is 1.59. The van der Waals surface area contributed by atoms with Crippen LogP contribution in [0.25, 0.3) is 0 Å². The topological polar surface area (TPSA) is 45.2 Å². The molecule has 0 bridgehead atoms. The van der Waals surface area contributed by atoms with Gasteiger partial charge in [-0.2, -0.15) is 0 Å². The molecular formula is C18H23N3OS. The molecule has 0 radical (unpaired) electrons. The fraction of sp³-hybridized carbons (Fsp3) is 0.444. The van der Waals surface area contributed by atoms with Gasteiger partial charge < -0.3 is 5.32 Å². The Morgan fingerprint density at radius 1 is 1.39 bits per heavy atom. The summed E-state index contributed by atoms with van der Waals surface area (Å²) in [5, 5.41) is 3.73. The summed E-state index contributed by atoms with van der Waals surface area (Å²) in [5.74, 6) is 0.251. The number of fused-ring (bicyclic) bond motifs is 1. The maximum absolute atomic E-state index is 12.3. The number of nitrogens with one attached hydrogen (secondary N) is 1. The third-order valence-electron chi connectivity index (χ3n) is 4.36. The Labute approximate surface area is 141 Å². The van der Waals surface area contributed by atoms with Crippen LogP contribution in [0.1, 0.15) is 42.3 Å². The van der Waals surface area contributed by atoms with Gasteiger partial charge in [-0.25, -0.2) is 4.98 Å². The molecule has 1 aromatic carbocycles. The van der Waals surface area contributed by atoms with E-state index in [-0.39, 0.29) is 11.8 Å². The molecule has 0 unspecified atom stereocenters. The predicted octanol–water partition coefficient (Wildman–Crippen LogP) is 3.65. The van der Waals surface area contributed by atoms with Gasteiger partial charge in [-0.1, -0.05) is 44.2 Å². The minimum atomic E-state index is 0.0415. The fourth-order valence-electron chi connectivity index (χ4n) is 2.92. The van der Waals surface area contributed by atoms with Gasteiger partial charge in [-0.3, -0.25) is 9.69 Å². The van der Waals surface area contributed by atoms with E-state index < -0.39 is 0 Å². The quantitative estimate of drug-likeness (QED) is 0.910. The van der Waals surface area contributed by atoms with Crippen LogP contribution >= 0.6 is 11.3 Å². The highest BCUT2D eigenvalue weighted by atomic mass is 32.1. The van der Waals surface area contributed by atoms with Crippen molar-refractivity contribution in [1.29, 1.82) is 0 Å². The average molecular weight is 329 g/mol. The highest BCUT2D eigenvalue weighted by molar-refractivity contribution is 7.15. The van der Waals surface area contributed by atoms with Crippen molar-refractivity contribution in [2.24, 2.45) is 0 Å². The number of amides is 1. The zero-order valence-corrected chi connectivity index (χ0v) is 14.5. The second kappa shape index (κ2) is 7.23. The van der Waals surface area contributed by atoms with E-state index in [9.17, 15) is 4.79 Å². The lowest BCUT2D eigenvalue weighted by molar-refractivity contribution is -0.116. The molecule has 1 N–H and O–H groups in total. The summed E-state index contributed by atoms with van der Waals surface area (Å²) in [5.41, 5.74) is 2.35. The van der Waals surface area contributed by atoms with Gasteiger partial charge in [0.1, 0.15) is 0 Å². The highest BCUT2D eigenvalue weighted by Gasteiger charge is 2.20. The summed E-state index contributed by atoms with van der Waals surface area (Å²) in [6, 6.07) is 10.2. The monoisotopic (exact) mass is 329 g/mol. The number of rotatable bonds is 5. The molecule has 2 heterocycles. The summed E-state index contributed by atoms with van der Waals surface area (Å²) in [6.45, 7) is 7.35. The molecule has 3 rings (SSSR count). The summed E-state index contributed by atoms with van der Waals surface area (Å²) in [4.78, 5) is 20.6. The molecule has 23 heavy (non-hydrogen) atoms. The molecule has 0 saturated carbocycles. The lowest BCUT2D eigenvalue weighted by atomic mass is 9.98. The molecular weight excluding hydrogens is 306 g/mol. The highest BCUT2D eigenvalue weighted by Crippen LogP contribution is 2.28. The van der Waals surface area contributed by atoms with E-state index in [0.29, 0.717) is 6.42 Å². The molecule has 0 saturated heterocycles. The van der Waals surface area contributed by atoms with Crippen molar-refractivity contribution in [3.63, 3.8) is 0 Å². The van der Waals surface area contributed by atoms with E-state index in [1.54, 1.807) is 11.3 Å². The molecule has 1 aromatic heterocycles. The zero-order chi connectivity index (χ0) is 16.2. The molecule has 1 aliphatic rings. The van der Waals surface area contributed by atoms with Gasteiger partial charge in [0.05, 0.1) is 5.69 Å². The SMILES string of the molecule is CCN1CCc2nc(NC(=O)C[C@@H](C)c3ccccc3)sc2C1. The maximum Gasteiger partial charge on any atom is 0.226 e. The van der Waals surface area contributed by atoms with E-state index in [1.165, 1.54) is 10.4 Å². The standard InChI is InChI=1S/C18H23N3OS/c1-3-21-10-9-15-16(12-21)23-18(19-15)20-17(22)11-13(2)14-7-5-4-6-8-14/h4-8,13H,3,9-12H2,1-2H3,(H,19,20,22)/t13-/m1/s1. The maximum atomic E-state index is 12.3. The van der Waals surface area contributed by atoms with Gasteiger partial charge in [-0.05, 0) is 18.0 Å². The number of likely N-dealkylation sites (N-methyl/N-ethyl adjacent to an activating group) is 1. The molecule has 2 aromatic rings. The van der Waals surface area contributed by atoms with E-state index in [0.717, 1.165) is 36.9 Å². The number of nitrogens with zero attached hydrogens (tertiary/aromatic N) is 2. The van der Waals surface area contributed by atoms with Crippen LogP contribution in [0.2, 0.25) is 0 Å². The molecule has 0 fully saturated rings. The Morgan fingerprint density at radius 2 is 2.17 bits per heavy atom. The molecule has 5 heteroatoms. The van der Waals surface area contributed by atoms with Gasteiger partial charge in [0.25, 0.3) is 0 Å². The van der Waals surface area contributed by atoms with Crippen LogP contribution < -0.4 is 5.32 Å². The van der Waals surface area contributed by atoms with Gasteiger partial charge >= 0.3 is 0 Å². The Bertz CT molecular complexity index is 668. The van der Waals surface area contributed by atoms with Crippen molar-refractivity contribution in [1.82, 2.24) is 9.88 Å².